The zero-order chi connectivity index (χ0) is 16.7. The summed E-state index contributed by atoms with van der Waals surface area (Å²) >= 11 is 0. The molecule has 0 bridgehead atoms. The average Bonchev–Trinajstić information content (AvgIpc) is 2.58. The molecule has 0 aromatic heterocycles. The van der Waals surface area contributed by atoms with Gasteiger partial charge in [-0.3, -0.25) is 14.9 Å². The van der Waals surface area contributed by atoms with Gasteiger partial charge in [-0.05, 0) is 6.07 Å². The number of nitro benzene ring substituents is 1. The van der Waals surface area contributed by atoms with Crippen molar-refractivity contribution in [3.8, 4) is 0 Å². The van der Waals surface area contributed by atoms with Gasteiger partial charge >= 0.3 is 0 Å². The van der Waals surface area contributed by atoms with Crippen molar-refractivity contribution >= 4 is 29.7 Å². The van der Waals surface area contributed by atoms with Gasteiger partial charge in [-0.1, -0.05) is 12.1 Å². The molecule has 1 aromatic carbocycles. The number of carbonyl (C=O) groups excluding carboxylic acids is 1. The molecule has 0 radical (unpaired) electrons. The van der Waals surface area contributed by atoms with Crippen LogP contribution < -0.4 is 10.2 Å². The van der Waals surface area contributed by atoms with Gasteiger partial charge in [0.2, 0.25) is 5.91 Å². The van der Waals surface area contributed by atoms with Gasteiger partial charge in [0.25, 0.3) is 5.69 Å². The van der Waals surface area contributed by atoms with Crippen molar-refractivity contribution < 1.29 is 14.5 Å². The summed E-state index contributed by atoms with van der Waals surface area (Å²) in [6.07, 6.45) is 0. The van der Waals surface area contributed by atoms with E-state index in [2.05, 4.69) is 5.32 Å². The molecular weight excluding hydrogens is 336 g/mol. The average molecular weight is 359 g/mol. The fraction of sp³-hybridized carbons (Fsp3) is 0.533. The monoisotopic (exact) mass is 358 g/mol. The number of halogens is 1. The van der Waals surface area contributed by atoms with E-state index in [0.29, 0.717) is 45.0 Å². The largest absolute Gasteiger partial charge is 0.383 e. The second-order valence-corrected chi connectivity index (χ2v) is 5.28. The van der Waals surface area contributed by atoms with Crippen molar-refractivity contribution in [1.82, 2.24) is 10.2 Å². The lowest BCUT2D eigenvalue weighted by molar-refractivity contribution is -0.384. The molecule has 1 aliphatic heterocycles. The number of nitrogens with one attached hydrogen (secondary N) is 1. The van der Waals surface area contributed by atoms with Crippen LogP contribution in [0.2, 0.25) is 0 Å². The molecule has 0 atom stereocenters. The minimum Gasteiger partial charge on any atom is -0.383 e. The molecule has 0 spiro atoms. The molecule has 1 aliphatic rings. The van der Waals surface area contributed by atoms with Gasteiger partial charge in [0, 0.05) is 45.9 Å². The number of hydrogen-bond acceptors (Lipinski definition) is 6. The topological polar surface area (TPSA) is 88.0 Å². The summed E-state index contributed by atoms with van der Waals surface area (Å²) in [4.78, 5) is 26.6. The smallest absolute Gasteiger partial charge is 0.292 e. The lowest BCUT2D eigenvalue weighted by atomic mass is 10.2. The van der Waals surface area contributed by atoms with E-state index in [1.165, 1.54) is 6.07 Å². The molecule has 1 N–H and O–H groups in total. The number of benzene rings is 1. The van der Waals surface area contributed by atoms with Crippen molar-refractivity contribution in [2.45, 2.75) is 0 Å². The molecule has 1 heterocycles. The summed E-state index contributed by atoms with van der Waals surface area (Å²) in [7, 11) is 1.62. The molecule has 1 aromatic rings. The van der Waals surface area contributed by atoms with E-state index in [1.807, 2.05) is 4.90 Å². The highest BCUT2D eigenvalue weighted by molar-refractivity contribution is 5.85. The molecule has 8 nitrogen and oxygen atoms in total. The summed E-state index contributed by atoms with van der Waals surface area (Å²) in [5, 5.41) is 14.1. The lowest BCUT2D eigenvalue weighted by Gasteiger charge is -2.35. The van der Waals surface area contributed by atoms with Crippen molar-refractivity contribution in [1.29, 1.82) is 0 Å². The maximum Gasteiger partial charge on any atom is 0.292 e. The third-order valence-electron chi connectivity index (χ3n) is 3.81. The van der Waals surface area contributed by atoms with Gasteiger partial charge in [-0.15, -0.1) is 12.4 Å². The Morgan fingerprint density at radius 3 is 2.58 bits per heavy atom. The van der Waals surface area contributed by atoms with Gasteiger partial charge in [-0.2, -0.15) is 0 Å². The first-order chi connectivity index (χ1) is 11.1. The summed E-state index contributed by atoms with van der Waals surface area (Å²) in [6.45, 7) is 3.81. The van der Waals surface area contributed by atoms with Gasteiger partial charge in [0.05, 0.1) is 18.1 Å². The number of nitro groups is 1. The zero-order valence-corrected chi connectivity index (χ0v) is 14.5. The van der Waals surface area contributed by atoms with Crippen molar-refractivity contribution in [2.75, 3.05) is 57.9 Å². The minimum atomic E-state index is -0.368. The molecule has 134 valence electrons. The van der Waals surface area contributed by atoms with Crippen LogP contribution in [-0.2, 0) is 9.53 Å². The fourth-order valence-electron chi connectivity index (χ4n) is 2.56. The number of piperazine rings is 1. The van der Waals surface area contributed by atoms with E-state index in [1.54, 1.807) is 30.2 Å². The second kappa shape index (κ2) is 10.1. The molecule has 9 heteroatoms. The SMILES string of the molecule is COCCNCC(=O)N1CCN(c2ccccc2[N+](=O)[O-])CC1.Cl. The standard InChI is InChI=1S/C15H22N4O4.ClH/c1-23-11-6-16-12-15(20)18-9-7-17(8-10-18)13-4-2-3-5-14(13)19(21)22;/h2-5,16H,6-12H2,1H3;1H. The number of para-hydroxylation sites is 2. The van der Waals surface area contributed by atoms with Crippen LogP contribution in [0.25, 0.3) is 0 Å². The van der Waals surface area contributed by atoms with E-state index in [4.69, 9.17) is 4.74 Å². The van der Waals surface area contributed by atoms with Crippen molar-refractivity contribution in [3.63, 3.8) is 0 Å². The Morgan fingerprint density at radius 1 is 1.29 bits per heavy atom. The predicted octanol–water partition coefficient (Wildman–Crippen LogP) is 0.901. The Labute approximate surface area is 147 Å². The Morgan fingerprint density at radius 2 is 1.96 bits per heavy atom. The highest BCUT2D eigenvalue weighted by atomic mass is 35.5. The van der Waals surface area contributed by atoms with Crippen molar-refractivity contribution in [3.05, 3.63) is 34.4 Å². The maximum absolute atomic E-state index is 12.1. The van der Waals surface area contributed by atoms with Crippen molar-refractivity contribution in [2.24, 2.45) is 0 Å². The Hall–Kier alpha value is -1.90. The van der Waals surface area contributed by atoms with E-state index in [0.717, 1.165) is 0 Å². The van der Waals surface area contributed by atoms with Crippen LogP contribution in [0.5, 0.6) is 0 Å². The molecular formula is C15H23ClN4O4. The van der Waals surface area contributed by atoms with Crippen LogP contribution >= 0.6 is 12.4 Å². The van der Waals surface area contributed by atoms with Gasteiger partial charge in [0.15, 0.2) is 0 Å². The van der Waals surface area contributed by atoms with Gasteiger partial charge in [-0.25, -0.2) is 0 Å². The summed E-state index contributed by atoms with van der Waals surface area (Å²) in [5.41, 5.74) is 0.719. The maximum atomic E-state index is 12.1. The number of methoxy groups -OCH3 is 1. The van der Waals surface area contributed by atoms with Crippen LogP contribution in [0.4, 0.5) is 11.4 Å². The molecule has 1 fully saturated rings. The quantitative estimate of drug-likeness (QED) is 0.442. The number of rotatable bonds is 7. The van der Waals surface area contributed by atoms with Gasteiger partial charge < -0.3 is 19.9 Å². The second-order valence-electron chi connectivity index (χ2n) is 5.28. The number of carbonyl (C=O) groups is 1. The first-order valence-electron chi connectivity index (χ1n) is 7.59. The molecule has 0 aliphatic carbocycles. The van der Waals surface area contributed by atoms with Crippen LogP contribution in [0.15, 0.2) is 24.3 Å². The van der Waals surface area contributed by atoms with E-state index in [-0.39, 0.29) is 35.5 Å². The third-order valence-corrected chi connectivity index (χ3v) is 3.81. The third kappa shape index (κ3) is 5.33. The molecule has 0 unspecified atom stereocenters. The number of nitrogens with zero attached hydrogens (tertiary/aromatic N) is 3. The van der Waals surface area contributed by atoms with Crippen LogP contribution in [0, 0.1) is 10.1 Å². The molecule has 2 rings (SSSR count). The highest BCUT2D eigenvalue weighted by Crippen LogP contribution is 2.28. The molecule has 24 heavy (non-hydrogen) atoms. The normalized spacial score (nSPS) is 14.2. The molecule has 0 saturated carbocycles. The minimum absolute atomic E-state index is 0. The van der Waals surface area contributed by atoms with Crippen LogP contribution in [-0.4, -0.2) is 68.7 Å². The number of amides is 1. The lowest BCUT2D eigenvalue weighted by Crippen LogP contribution is -2.51. The Kier molecular flexibility index (Phi) is 8.45. The summed E-state index contributed by atoms with van der Waals surface area (Å²) < 4.78 is 4.91. The van der Waals surface area contributed by atoms with Crippen LogP contribution in [0.3, 0.4) is 0 Å². The Bertz CT molecular complexity index is 550. The molecule has 1 amide bonds. The molecule has 1 saturated heterocycles. The van der Waals surface area contributed by atoms with E-state index >= 15 is 0 Å². The highest BCUT2D eigenvalue weighted by Gasteiger charge is 2.25. The van der Waals surface area contributed by atoms with Crippen LogP contribution in [0.1, 0.15) is 0 Å². The first kappa shape index (κ1) is 20.1. The number of ether oxygens (including phenoxy) is 1. The first-order valence-corrected chi connectivity index (χ1v) is 7.59. The van der Waals surface area contributed by atoms with Gasteiger partial charge in [0.1, 0.15) is 5.69 Å². The fourth-order valence-corrected chi connectivity index (χ4v) is 2.56. The zero-order valence-electron chi connectivity index (χ0n) is 13.6. The van der Waals surface area contributed by atoms with E-state index < -0.39 is 0 Å². The number of anilines is 1. The number of hydrogen-bond donors (Lipinski definition) is 1. The summed E-state index contributed by atoms with van der Waals surface area (Å²) in [6, 6.07) is 6.71. The van der Waals surface area contributed by atoms with E-state index in [9.17, 15) is 14.9 Å². The summed E-state index contributed by atoms with van der Waals surface area (Å²) in [5.74, 6) is 0.0447. The Balaban J connectivity index is 0.00000288. The predicted molar refractivity (Wildman–Crippen MR) is 93.9 cm³/mol.